The third-order valence-corrected chi connectivity index (χ3v) is 10.0. The Morgan fingerprint density at radius 3 is 1.23 bits per heavy atom. The molecule has 57 heavy (non-hydrogen) atoms. The summed E-state index contributed by atoms with van der Waals surface area (Å²) in [6, 6.07) is 23.6. The number of nitro benzene ring substituents is 2. The Morgan fingerprint density at radius 1 is 0.561 bits per heavy atom. The fourth-order valence-corrected chi connectivity index (χ4v) is 6.97. The van der Waals surface area contributed by atoms with Crippen LogP contribution in [0.4, 0.5) is 34.1 Å². The van der Waals surface area contributed by atoms with Gasteiger partial charge < -0.3 is 19.3 Å². The molecule has 2 N–H and O–H groups in total. The van der Waals surface area contributed by atoms with E-state index in [1.807, 2.05) is 0 Å². The van der Waals surface area contributed by atoms with E-state index in [1.165, 1.54) is 36.4 Å². The molecule has 0 fully saturated rings. The molecule has 0 aliphatic rings. The molecule has 18 nitrogen and oxygen atoms in total. The summed E-state index contributed by atoms with van der Waals surface area (Å²) >= 11 is 0. The Bertz CT molecular complexity index is 2640. The smallest absolute Gasteiger partial charge is 0.744 e. The molecule has 6 aromatic carbocycles. The fraction of sp³-hybridized carbons (Fsp3) is 0.111. The summed E-state index contributed by atoms with van der Waals surface area (Å²) in [5, 5.41) is 60.4. The van der Waals surface area contributed by atoms with E-state index in [0.717, 1.165) is 12.1 Å². The number of hydrogen-bond acceptors (Lipinski definition) is 16. The number of phenolic OH excluding ortho intramolecular Hbond substituents is 2. The standard InChI is InChI=1S/2C18H15N3O6S.Ba/c2*1-2-12-14(8-5-9-15(12)21(23)24)19-20-17-13-7-4-3-6-11(13)10-16(18(17)22)28(25,26)27;/h2*3-10,22H,2H2,1H3,(H,25,26,27);/q;;+2/p-2. The van der Waals surface area contributed by atoms with Crippen LogP contribution in [0.2, 0.25) is 0 Å². The molecule has 0 spiro atoms. The monoisotopic (exact) mass is 938 g/mol. The molecule has 21 heteroatoms. The third kappa shape index (κ3) is 9.87. The van der Waals surface area contributed by atoms with Gasteiger partial charge in [0.05, 0.1) is 42.1 Å². The van der Waals surface area contributed by atoms with E-state index in [9.17, 15) is 56.4 Å². The molecule has 0 unspecified atom stereocenters. The van der Waals surface area contributed by atoms with Crippen LogP contribution < -0.4 is 0 Å². The van der Waals surface area contributed by atoms with Crippen LogP contribution in [-0.2, 0) is 33.1 Å². The van der Waals surface area contributed by atoms with Crippen LogP contribution in [0.1, 0.15) is 25.0 Å². The molecule has 0 atom stereocenters. The van der Waals surface area contributed by atoms with Crippen molar-refractivity contribution in [2.45, 2.75) is 36.5 Å². The van der Waals surface area contributed by atoms with Gasteiger partial charge in [0.25, 0.3) is 11.4 Å². The van der Waals surface area contributed by atoms with Crippen molar-refractivity contribution in [3.8, 4) is 11.5 Å². The van der Waals surface area contributed by atoms with E-state index in [-0.39, 0.29) is 83.0 Å². The second kappa shape index (κ2) is 18.4. The number of nitrogens with zero attached hydrogens (tertiary/aromatic N) is 6. The fourth-order valence-electron chi connectivity index (χ4n) is 5.76. The van der Waals surface area contributed by atoms with Gasteiger partial charge in [-0.15, -0.1) is 20.5 Å². The van der Waals surface area contributed by atoms with E-state index in [0.29, 0.717) is 45.5 Å². The predicted molar refractivity (Wildman–Crippen MR) is 206 cm³/mol. The Labute approximate surface area is 364 Å². The van der Waals surface area contributed by atoms with Crippen LogP contribution in [0.25, 0.3) is 21.5 Å². The Kier molecular flexibility index (Phi) is 14.4. The molecule has 0 radical (unpaired) electrons. The minimum atomic E-state index is -4.95. The predicted octanol–water partition coefficient (Wildman–Crippen LogP) is 8.29. The molecule has 288 valence electrons. The zero-order valence-electron chi connectivity index (χ0n) is 29.8. The van der Waals surface area contributed by atoms with Gasteiger partial charge >= 0.3 is 48.9 Å². The zero-order valence-corrected chi connectivity index (χ0v) is 35.9. The molecule has 0 saturated heterocycles. The second-order valence-corrected chi connectivity index (χ2v) is 14.4. The first-order valence-electron chi connectivity index (χ1n) is 16.2. The first-order valence-corrected chi connectivity index (χ1v) is 19.1. The van der Waals surface area contributed by atoms with Crippen molar-refractivity contribution in [2.75, 3.05) is 0 Å². The number of aromatic hydroxyl groups is 2. The van der Waals surface area contributed by atoms with Crippen LogP contribution in [0, 0.1) is 20.2 Å². The molecule has 0 aliphatic carbocycles. The molecule has 6 aromatic rings. The van der Waals surface area contributed by atoms with Gasteiger partial charge in [-0.2, -0.15) is 0 Å². The zero-order chi connectivity index (χ0) is 40.9. The van der Waals surface area contributed by atoms with Gasteiger partial charge in [0.15, 0.2) is 11.5 Å². The topological polar surface area (TPSA) is 291 Å². The molecule has 0 aliphatic heterocycles. The average Bonchev–Trinajstić information content (AvgIpc) is 3.15. The molecular weight excluding hydrogens is 910 g/mol. The van der Waals surface area contributed by atoms with Crippen molar-refractivity contribution >= 4 is 125 Å². The van der Waals surface area contributed by atoms with Gasteiger partial charge in [-0.25, -0.2) is 16.8 Å². The number of hydrogen-bond donors (Lipinski definition) is 2. The number of rotatable bonds is 10. The Balaban J connectivity index is 0.000000248. The summed E-state index contributed by atoms with van der Waals surface area (Å²) in [5.74, 6) is -1.64. The van der Waals surface area contributed by atoms with Crippen molar-refractivity contribution in [1.82, 2.24) is 0 Å². The quantitative estimate of drug-likeness (QED) is 0.0431. The normalized spacial score (nSPS) is 11.7. The van der Waals surface area contributed by atoms with Crippen LogP contribution in [0.15, 0.2) is 127 Å². The summed E-state index contributed by atoms with van der Waals surface area (Å²) in [7, 11) is -9.90. The largest absolute Gasteiger partial charge is 2.00 e. The maximum absolute atomic E-state index is 11.5. The molecule has 0 heterocycles. The molecular formula is C36H28BaN6O12S2. The molecule has 0 saturated carbocycles. The summed E-state index contributed by atoms with van der Waals surface area (Å²) < 4.78 is 68.9. The van der Waals surface area contributed by atoms with Crippen LogP contribution in [0.5, 0.6) is 11.5 Å². The van der Waals surface area contributed by atoms with Gasteiger partial charge in [0.1, 0.15) is 31.6 Å². The number of benzene rings is 6. The van der Waals surface area contributed by atoms with Crippen molar-refractivity contribution in [3.63, 3.8) is 0 Å². The van der Waals surface area contributed by atoms with Gasteiger partial charge in [-0.3, -0.25) is 20.2 Å². The number of fused-ring (bicyclic) bond motifs is 2. The van der Waals surface area contributed by atoms with E-state index < -0.39 is 51.4 Å². The Hall–Kier alpha value is -5.17. The minimum Gasteiger partial charge on any atom is -0.744 e. The SMILES string of the molecule is CCc1c(N=Nc2c(O)c(S(=O)(=O)[O-])cc3ccccc23)cccc1[N+](=O)[O-].CCc1c(N=Nc2c(O)c(S(=O)(=O)[O-])cc3ccccc23)cccc1[N+](=O)[O-].[Ba+2]. The average molecular weight is 938 g/mol. The van der Waals surface area contributed by atoms with E-state index in [2.05, 4.69) is 20.5 Å². The van der Waals surface area contributed by atoms with E-state index >= 15 is 0 Å². The molecule has 0 amide bonds. The summed E-state index contributed by atoms with van der Waals surface area (Å²) in [4.78, 5) is 19.7. The second-order valence-electron chi connectivity index (χ2n) is 11.7. The third-order valence-electron chi connectivity index (χ3n) is 8.33. The molecule has 0 bridgehead atoms. The van der Waals surface area contributed by atoms with Gasteiger partial charge in [0.2, 0.25) is 0 Å². The Morgan fingerprint density at radius 2 is 0.912 bits per heavy atom. The maximum Gasteiger partial charge on any atom is 2.00 e. The first-order chi connectivity index (χ1) is 26.5. The number of phenols is 2. The van der Waals surface area contributed by atoms with Gasteiger partial charge in [-0.05, 0) is 47.9 Å². The van der Waals surface area contributed by atoms with E-state index in [1.54, 1.807) is 62.4 Å². The number of nitro groups is 2. The van der Waals surface area contributed by atoms with E-state index in [4.69, 9.17) is 0 Å². The molecule has 0 aromatic heterocycles. The van der Waals surface area contributed by atoms with Crippen molar-refractivity contribution < 1.29 is 46.0 Å². The van der Waals surface area contributed by atoms with Crippen molar-refractivity contribution in [1.29, 1.82) is 0 Å². The summed E-state index contributed by atoms with van der Waals surface area (Å²) in [6.07, 6.45) is 0.625. The van der Waals surface area contributed by atoms with Gasteiger partial charge in [0, 0.05) is 22.9 Å². The summed E-state index contributed by atoms with van der Waals surface area (Å²) in [6.45, 7) is 3.44. The van der Waals surface area contributed by atoms with Crippen LogP contribution in [-0.4, -0.2) is 94.9 Å². The number of azo groups is 2. The molecule has 6 rings (SSSR count). The van der Waals surface area contributed by atoms with Crippen molar-refractivity contribution in [2.24, 2.45) is 20.5 Å². The van der Waals surface area contributed by atoms with Gasteiger partial charge in [-0.1, -0.05) is 74.5 Å². The van der Waals surface area contributed by atoms with Crippen LogP contribution in [0.3, 0.4) is 0 Å². The van der Waals surface area contributed by atoms with Crippen LogP contribution >= 0.6 is 0 Å². The first kappa shape index (κ1) is 44.5. The van der Waals surface area contributed by atoms with Crippen molar-refractivity contribution in [3.05, 3.63) is 128 Å². The summed E-state index contributed by atoms with van der Waals surface area (Å²) in [5.41, 5.74) is 0.432. The minimum absolute atomic E-state index is 0. The maximum atomic E-state index is 11.5.